The summed E-state index contributed by atoms with van der Waals surface area (Å²) < 4.78 is 33.4. The van der Waals surface area contributed by atoms with Gasteiger partial charge in [0.15, 0.2) is 0 Å². The van der Waals surface area contributed by atoms with Gasteiger partial charge in [-0.2, -0.15) is 0 Å². The van der Waals surface area contributed by atoms with Crippen molar-refractivity contribution in [1.82, 2.24) is 4.31 Å². The van der Waals surface area contributed by atoms with Crippen molar-refractivity contribution in [2.45, 2.75) is 25.2 Å². The summed E-state index contributed by atoms with van der Waals surface area (Å²) in [5, 5.41) is 1.59. The van der Waals surface area contributed by atoms with Crippen LogP contribution < -0.4 is 0 Å². The van der Waals surface area contributed by atoms with Crippen molar-refractivity contribution < 1.29 is 17.9 Å². The lowest BCUT2D eigenvalue weighted by Crippen LogP contribution is -2.41. The van der Waals surface area contributed by atoms with Crippen LogP contribution in [-0.2, 0) is 31.9 Å². The standard InChI is InChI=1S/C22H22ClNO4S2/c23-21-18-8-4-5-9-19(18)29-20(21)14-28-22(25)17-10-12-24(13-11-17)30(26,27)15-16-6-2-1-3-7-16/h1-9,17H,10-15H2. The van der Waals surface area contributed by atoms with Crippen molar-refractivity contribution in [2.24, 2.45) is 5.92 Å². The molecule has 2 aromatic carbocycles. The first kappa shape index (κ1) is 21.3. The van der Waals surface area contributed by atoms with E-state index in [4.69, 9.17) is 16.3 Å². The second-order valence-corrected chi connectivity index (χ2v) is 10.8. The van der Waals surface area contributed by atoms with E-state index in [9.17, 15) is 13.2 Å². The molecule has 8 heteroatoms. The molecule has 0 atom stereocenters. The summed E-state index contributed by atoms with van der Waals surface area (Å²) in [6.07, 6.45) is 0.931. The van der Waals surface area contributed by atoms with Crippen molar-refractivity contribution in [3.8, 4) is 0 Å². The maximum Gasteiger partial charge on any atom is 0.309 e. The zero-order chi connectivity index (χ0) is 21.1. The molecule has 0 radical (unpaired) electrons. The molecule has 1 aliphatic heterocycles. The summed E-state index contributed by atoms with van der Waals surface area (Å²) in [7, 11) is -3.40. The van der Waals surface area contributed by atoms with E-state index in [0.29, 0.717) is 31.0 Å². The van der Waals surface area contributed by atoms with Gasteiger partial charge in [0, 0.05) is 23.2 Å². The van der Waals surface area contributed by atoms with E-state index in [-0.39, 0.29) is 24.2 Å². The van der Waals surface area contributed by atoms with Crippen LogP contribution in [0.2, 0.25) is 5.02 Å². The van der Waals surface area contributed by atoms with E-state index >= 15 is 0 Å². The van der Waals surface area contributed by atoms with E-state index < -0.39 is 10.0 Å². The van der Waals surface area contributed by atoms with Gasteiger partial charge in [0.25, 0.3) is 0 Å². The predicted octanol–water partition coefficient (Wildman–Crippen LogP) is 4.84. The molecule has 0 saturated carbocycles. The third-order valence-electron chi connectivity index (χ3n) is 5.32. The van der Waals surface area contributed by atoms with Gasteiger partial charge in [0.05, 0.1) is 21.6 Å². The lowest BCUT2D eigenvalue weighted by molar-refractivity contribution is -0.151. The van der Waals surface area contributed by atoms with Gasteiger partial charge < -0.3 is 4.74 Å². The normalized spacial score (nSPS) is 16.0. The molecule has 4 rings (SSSR count). The fraction of sp³-hybridized carbons (Fsp3) is 0.318. The van der Waals surface area contributed by atoms with E-state index in [0.717, 1.165) is 20.5 Å². The van der Waals surface area contributed by atoms with Crippen LogP contribution in [0.1, 0.15) is 23.3 Å². The molecule has 1 aliphatic rings. The molecule has 0 amide bonds. The Bertz CT molecular complexity index is 1140. The summed E-state index contributed by atoms with van der Waals surface area (Å²) in [6, 6.07) is 16.9. The molecule has 1 aromatic heterocycles. The third kappa shape index (κ3) is 4.70. The molecule has 158 valence electrons. The Hall–Kier alpha value is -1.93. The predicted molar refractivity (Wildman–Crippen MR) is 120 cm³/mol. The largest absolute Gasteiger partial charge is 0.460 e. The number of carbonyl (C=O) groups is 1. The van der Waals surface area contributed by atoms with Gasteiger partial charge in [-0.15, -0.1) is 11.3 Å². The number of thiophene rings is 1. The number of nitrogens with zero attached hydrogens (tertiary/aromatic N) is 1. The molecule has 0 bridgehead atoms. The van der Waals surface area contributed by atoms with Crippen LogP contribution in [-0.4, -0.2) is 31.8 Å². The minimum atomic E-state index is -3.40. The van der Waals surface area contributed by atoms with Crippen molar-refractivity contribution >= 4 is 49.0 Å². The van der Waals surface area contributed by atoms with E-state index in [2.05, 4.69) is 0 Å². The molecule has 5 nitrogen and oxygen atoms in total. The number of sulfonamides is 1. The number of rotatable bonds is 6. The smallest absolute Gasteiger partial charge is 0.309 e. The average Bonchev–Trinajstić information content (AvgIpc) is 3.08. The molecule has 2 heterocycles. The molecular weight excluding hydrogens is 442 g/mol. The van der Waals surface area contributed by atoms with Crippen molar-refractivity contribution in [3.05, 3.63) is 70.1 Å². The molecule has 0 unspecified atom stereocenters. The summed E-state index contributed by atoms with van der Waals surface area (Å²) in [6.45, 7) is 0.806. The maximum absolute atomic E-state index is 12.7. The highest BCUT2D eigenvalue weighted by Crippen LogP contribution is 2.35. The van der Waals surface area contributed by atoms with Gasteiger partial charge in [-0.3, -0.25) is 4.79 Å². The molecule has 1 saturated heterocycles. The number of benzene rings is 2. The van der Waals surface area contributed by atoms with Gasteiger partial charge in [-0.25, -0.2) is 12.7 Å². The Kier molecular flexibility index (Phi) is 6.43. The third-order valence-corrected chi connectivity index (χ3v) is 8.86. The summed E-state index contributed by atoms with van der Waals surface area (Å²) in [5.74, 6) is -0.599. The molecule has 3 aromatic rings. The first-order chi connectivity index (χ1) is 14.4. The zero-order valence-corrected chi connectivity index (χ0v) is 18.7. The second kappa shape index (κ2) is 9.06. The molecular formula is C22H22ClNO4S2. The highest BCUT2D eigenvalue weighted by atomic mass is 35.5. The molecule has 1 fully saturated rings. The second-order valence-electron chi connectivity index (χ2n) is 7.36. The highest BCUT2D eigenvalue weighted by molar-refractivity contribution is 7.88. The van der Waals surface area contributed by atoms with E-state index in [1.165, 1.54) is 15.6 Å². The van der Waals surface area contributed by atoms with Crippen molar-refractivity contribution in [2.75, 3.05) is 13.1 Å². The number of ether oxygens (including phenoxy) is 1. The number of piperidine rings is 1. The Morgan fingerprint density at radius 3 is 2.43 bits per heavy atom. The van der Waals surface area contributed by atoms with Crippen LogP contribution in [0, 0.1) is 5.92 Å². The Labute approximate surface area is 185 Å². The van der Waals surface area contributed by atoms with Crippen LogP contribution in [0.4, 0.5) is 0 Å². The first-order valence-electron chi connectivity index (χ1n) is 9.78. The first-order valence-corrected chi connectivity index (χ1v) is 12.6. The lowest BCUT2D eigenvalue weighted by atomic mass is 9.98. The number of carbonyl (C=O) groups excluding carboxylic acids is 1. The fourth-order valence-electron chi connectivity index (χ4n) is 3.66. The minimum Gasteiger partial charge on any atom is -0.460 e. The molecule has 0 N–H and O–H groups in total. The minimum absolute atomic E-state index is 0.0204. The number of halogens is 1. The van der Waals surface area contributed by atoms with Crippen molar-refractivity contribution in [3.63, 3.8) is 0 Å². The Balaban J connectivity index is 1.31. The van der Waals surface area contributed by atoms with Crippen LogP contribution in [0.25, 0.3) is 10.1 Å². The quantitative estimate of drug-likeness (QED) is 0.490. The number of fused-ring (bicyclic) bond motifs is 1. The van der Waals surface area contributed by atoms with Crippen LogP contribution in [0.15, 0.2) is 54.6 Å². The maximum atomic E-state index is 12.7. The average molecular weight is 464 g/mol. The molecule has 0 aliphatic carbocycles. The number of esters is 1. The molecule has 0 spiro atoms. The van der Waals surface area contributed by atoms with Crippen LogP contribution >= 0.6 is 22.9 Å². The summed E-state index contributed by atoms with van der Waals surface area (Å²) >= 11 is 7.93. The monoisotopic (exact) mass is 463 g/mol. The Morgan fingerprint density at radius 1 is 1.07 bits per heavy atom. The lowest BCUT2D eigenvalue weighted by Gasteiger charge is -2.30. The van der Waals surface area contributed by atoms with Gasteiger partial charge in [-0.1, -0.05) is 60.1 Å². The van der Waals surface area contributed by atoms with E-state index in [1.807, 2.05) is 42.5 Å². The summed E-state index contributed by atoms with van der Waals surface area (Å²) in [4.78, 5) is 13.3. The van der Waals surface area contributed by atoms with Crippen LogP contribution in [0.5, 0.6) is 0 Å². The van der Waals surface area contributed by atoms with E-state index in [1.54, 1.807) is 12.1 Å². The van der Waals surface area contributed by atoms with Gasteiger partial charge in [0.1, 0.15) is 6.61 Å². The Morgan fingerprint density at radius 2 is 1.73 bits per heavy atom. The van der Waals surface area contributed by atoms with Gasteiger partial charge >= 0.3 is 5.97 Å². The highest BCUT2D eigenvalue weighted by Gasteiger charge is 2.32. The fourth-order valence-corrected chi connectivity index (χ4v) is 6.62. The zero-order valence-electron chi connectivity index (χ0n) is 16.3. The van der Waals surface area contributed by atoms with Crippen molar-refractivity contribution in [1.29, 1.82) is 0 Å². The SMILES string of the molecule is O=C(OCc1sc2ccccc2c1Cl)C1CCN(S(=O)(=O)Cc2ccccc2)CC1. The van der Waals surface area contributed by atoms with Crippen LogP contribution in [0.3, 0.4) is 0 Å². The topological polar surface area (TPSA) is 63.7 Å². The summed E-state index contributed by atoms with van der Waals surface area (Å²) in [5.41, 5.74) is 0.763. The number of hydrogen-bond acceptors (Lipinski definition) is 5. The van der Waals surface area contributed by atoms with Gasteiger partial charge in [0.2, 0.25) is 10.0 Å². The molecule has 30 heavy (non-hydrogen) atoms. The van der Waals surface area contributed by atoms with Gasteiger partial charge in [-0.05, 0) is 24.5 Å². The number of hydrogen-bond donors (Lipinski definition) is 0.